The number of halogens is 1. The van der Waals surface area contributed by atoms with Crippen LogP contribution in [0.3, 0.4) is 0 Å². The SMILES string of the molecule is Cc1ccc(N2C[C@@H](C(=O)N[C@@H](C)Cn3cccn3)CC2=O)cc1F. The topological polar surface area (TPSA) is 67.2 Å². The van der Waals surface area contributed by atoms with Crippen molar-refractivity contribution in [3.05, 3.63) is 48.0 Å². The zero-order valence-corrected chi connectivity index (χ0v) is 14.3. The van der Waals surface area contributed by atoms with Gasteiger partial charge in [0.05, 0.1) is 12.5 Å². The quantitative estimate of drug-likeness (QED) is 0.901. The third-order valence-electron chi connectivity index (χ3n) is 4.37. The Morgan fingerprint density at radius 2 is 2.28 bits per heavy atom. The fourth-order valence-electron chi connectivity index (χ4n) is 2.98. The van der Waals surface area contributed by atoms with Crippen molar-refractivity contribution in [2.45, 2.75) is 32.9 Å². The van der Waals surface area contributed by atoms with E-state index < -0.39 is 5.92 Å². The summed E-state index contributed by atoms with van der Waals surface area (Å²) in [5.41, 5.74) is 1.02. The zero-order valence-electron chi connectivity index (χ0n) is 14.3. The van der Waals surface area contributed by atoms with Gasteiger partial charge in [-0.25, -0.2) is 4.39 Å². The predicted octanol–water partition coefficient (Wildman–Crippen LogP) is 1.89. The zero-order chi connectivity index (χ0) is 18.0. The molecule has 2 atom stereocenters. The Bertz CT molecular complexity index is 775. The Labute approximate surface area is 145 Å². The van der Waals surface area contributed by atoms with Crippen LogP contribution in [0.5, 0.6) is 0 Å². The van der Waals surface area contributed by atoms with Gasteiger partial charge in [-0.2, -0.15) is 5.10 Å². The molecule has 0 aliphatic carbocycles. The Balaban J connectivity index is 1.61. The minimum atomic E-state index is -0.433. The number of nitrogens with zero attached hydrogens (tertiary/aromatic N) is 3. The van der Waals surface area contributed by atoms with E-state index in [4.69, 9.17) is 0 Å². The van der Waals surface area contributed by atoms with E-state index >= 15 is 0 Å². The van der Waals surface area contributed by atoms with Gasteiger partial charge in [0.25, 0.3) is 0 Å². The van der Waals surface area contributed by atoms with Gasteiger partial charge in [-0.3, -0.25) is 14.3 Å². The van der Waals surface area contributed by atoms with Gasteiger partial charge in [0, 0.05) is 37.1 Å². The highest BCUT2D eigenvalue weighted by Crippen LogP contribution is 2.26. The summed E-state index contributed by atoms with van der Waals surface area (Å²) in [5, 5.41) is 7.03. The molecule has 1 aromatic heterocycles. The summed E-state index contributed by atoms with van der Waals surface area (Å²) in [4.78, 5) is 26.1. The first kappa shape index (κ1) is 17.1. The molecule has 1 fully saturated rings. The van der Waals surface area contributed by atoms with Crippen molar-refractivity contribution in [1.29, 1.82) is 0 Å². The number of hydrogen-bond donors (Lipinski definition) is 1. The van der Waals surface area contributed by atoms with Gasteiger partial charge in [0.15, 0.2) is 0 Å². The third-order valence-corrected chi connectivity index (χ3v) is 4.37. The summed E-state index contributed by atoms with van der Waals surface area (Å²) < 4.78 is 15.5. The molecule has 0 bridgehead atoms. The van der Waals surface area contributed by atoms with Crippen molar-refractivity contribution >= 4 is 17.5 Å². The lowest BCUT2D eigenvalue weighted by Crippen LogP contribution is -2.40. The lowest BCUT2D eigenvalue weighted by Gasteiger charge is -2.19. The molecule has 1 aromatic carbocycles. The van der Waals surface area contributed by atoms with Gasteiger partial charge < -0.3 is 10.2 Å². The summed E-state index contributed by atoms with van der Waals surface area (Å²) in [6.07, 6.45) is 3.65. The van der Waals surface area contributed by atoms with Crippen LogP contribution < -0.4 is 10.2 Å². The summed E-state index contributed by atoms with van der Waals surface area (Å²) in [6, 6.07) is 6.40. The number of aromatic nitrogens is 2. The van der Waals surface area contributed by atoms with E-state index in [1.165, 1.54) is 11.0 Å². The molecule has 6 nitrogen and oxygen atoms in total. The maximum absolute atomic E-state index is 13.7. The molecule has 132 valence electrons. The maximum atomic E-state index is 13.7. The van der Waals surface area contributed by atoms with Crippen LogP contribution in [0.15, 0.2) is 36.7 Å². The second-order valence-corrected chi connectivity index (χ2v) is 6.48. The average molecular weight is 344 g/mol. The van der Waals surface area contributed by atoms with E-state index in [1.807, 2.05) is 19.2 Å². The first-order valence-electron chi connectivity index (χ1n) is 8.28. The molecule has 2 heterocycles. The number of hydrogen-bond acceptors (Lipinski definition) is 3. The molecule has 1 aliphatic heterocycles. The van der Waals surface area contributed by atoms with Crippen LogP contribution in [0.1, 0.15) is 18.9 Å². The molecule has 1 saturated heterocycles. The number of carbonyl (C=O) groups is 2. The van der Waals surface area contributed by atoms with Crippen molar-refractivity contribution < 1.29 is 14.0 Å². The van der Waals surface area contributed by atoms with Crippen molar-refractivity contribution in [2.75, 3.05) is 11.4 Å². The molecule has 1 N–H and O–H groups in total. The molecule has 3 rings (SSSR count). The van der Waals surface area contributed by atoms with E-state index in [-0.39, 0.29) is 36.6 Å². The van der Waals surface area contributed by atoms with Gasteiger partial charge in [0.1, 0.15) is 5.82 Å². The normalized spacial score (nSPS) is 18.4. The lowest BCUT2D eigenvalue weighted by molar-refractivity contribution is -0.126. The van der Waals surface area contributed by atoms with Crippen LogP contribution >= 0.6 is 0 Å². The molecule has 25 heavy (non-hydrogen) atoms. The van der Waals surface area contributed by atoms with E-state index in [0.29, 0.717) is 17.8 Å². The number of benzene rings is 1. The highest BCUT2D eigenvalue weighted by Gasteiger charge is 2.35. The van der Waals surface area contributed by atoms with Crippen LogP contribution in [-0.2, 0) is 16.1 Å². The second kappa shape index (κ2) is 7.04. The van der Waals surface area contributed by atoms with E-state index in [1.54, 1.807) is 29.9 Å². The number of amides is 2. The van der Waals surface area contributed by atoms with Crippen LogP contribution in [0, 0.1) is 18.7 Å². The molecule has 7 heteroatoms. The Kier molecular flexibility index (Phi) is 4.83. The highest BCUT2D eigenvalue weighted by atomic mass is 19.1. The van der Waals surface area contributed by atoms with Crippen LogP contribution in [0.4, 0.5) is 10.1 Å². The standard InChI is InChI=1S/C18H21FN4O2/c1-12-4-5-15(9-16(12)19)23-11-14(8-17(23)24)18(25)21-13(2)10-22-7-3-6-20-22/h3-7,9,13-14H,8,10-11H2,1-2H3,(H,21,25)/t13-,14-/m0/s1. The average Bonchev–Trinajstić information content (AvgIpc) is 3.19. The van der Waals surface area contributed by atoms with Gasteiger partial charge in [-0.15, -0.1) is 0 Å². The molecule has 0 saturated carbocycles. The molecule has 1 aliphatic rings. The number of anilines is 1. The van der Waals surface area contributed by atoms with E-state index in [9.17, 15) is 14.0 Å². The third kappa shape index (κ3) is 3.87. The first-order chi connectivity index (χ1) is 11.9. The minimum absolute atomic E-state index is 0.103. The van der Waals surface area contributed by atoms with Crippen molar-refractivity contribution in [2.24, 2.45) is 5.92 Å². The van der Waals surface area contributed by atoms with E-state index in [0.717, 1.165) is 0 Å². The number of rotatable bonds is 5. The minimum Gasteiger partial charge on any atom is -0.351 e. The summed E-state index contributed by atoms with van der Waals surface area (Å²) in [7, 11) is 0. The van der Waals surface area contributed by atoms with Crippen molar-refractivity contribution in [3.63, 3.8) is 0 Å². The fraction of sp³-hybridized carbons (Fsp3) is 0.389. The molecule has 0 spiro atoms. The molecular weight excluding hydrogens is 323 g/mol. The molecule has 2 aromatic rings. The van der Waals surface area contributed by atoms with Crippen LogP contribution in [0.25, 0.3) is 0 Å². The Morgan fingerprint density at radius 3 is 2.96 bits per heavy atom. The van der Waals surface area contributed by atoms with Crippen LogP contribution in [-0.4, -0.2) is 34.2 Å². The lowest BCUT2D eigenvalue weighted by atomic mass is 10.1. The molecule has 0 unspecified atom stereocenters. The largest absolute Gasteiger partial charge is 0.351 e. The predicted molar refractivity (Wildman–Crippen MR) is 91.4 cm³/mol. The molecule has 0 radical (unpaired) electrons. The van der Waals surface area contributed by atoms with Crippen molar-refractivity contribution in [1.82, 2.24) is 15.1 Å². The first-order valence-corrected chi connectivity index (χ1v) is 8.28. The van der Waals surface area contributed by atoms with Gasteiger partial charge >= 0.3 is 0 Å². The summed E-state index contributed by atoms with van der Waals surface area (Å²) in [6.45, 7) is 4.39. The highest BCUT2D eigenvalue weighted by molar-refractivity contribution is 6.00. The number of aryl methyl sites for hydroxylation is 1. The van der Waals surface area contributed by atoms with Gasteiger partial charge in [0.2, 0.25) is 11.8 Å². The van der Waals surface area contributed by atoms with Gasteiger partial charge in [-0.05, 0) is 37.6 Å². The Morgan fingerprint density at radius 1 is 1.48 bits per heavy atom. The smallest absolute Gasteiger partial charge is 0.227 e. The van der Waals surface area contributed by atoms with Gasteiger partial charge in [-0.1, -0.05) is 6.07 Å². The second-order valence-electron chi connectivity index (χ2n) is 6.48. The Hall–Kier alpha value is -2.70. The van der Waals surface area contributed by atoms with Crippen LogP contribution in [0.2, 0.25) is 0 Å². The summed E-state index contributed by atoms with van der Waals surface area (Å²) in [5.74, 6) is -1.12. The number of nitrogens with one attached hydrogen (secondary N) is 1. The molecular formula is C18H21FN4O2. The van der Waals surface area contributed by atoms with E-state index in [2.05, 4.69) is 10.4 Å². The number of carbonyl (C=O) groups excluding carboxylic acids is 2. The fourth-order valence-corrected chi connectivity index (χ4v) is 2.98. The maximum Gasteiger partial charge on any atom is 0.227 e. The molecule has 2 amide bonds. The summed E-state index contributed by atoms with van der Waals surface area (Å²) >= 11 is 0. The monoisotopic (exact) mass is 344 g/mol. The van der Waals surface area contributed by atoms with Crippen molar-refractivity contribution in [3.8, 4) is 0 Å².